The molecule has 11 heteroatoms. The van der Waals surface area contributed by atoms with Gasteiger partial charge in [-0.05, 0) is 40.6 Å². The summed E-state index contributed by atoms with van der Waals surface area (Å²) in [6.07, 6.45) is 0.564. The van der Waals surface area contributed by atoms with E-state index in [1.165, 1.54) is 11.3 Å². The maximum atomic E-state index is 13.9. The lowest BCUT2D eigenvalue weighted by Gasteiger charge is -2.31. The summed E-state index contributed by atoms with van der Waals surface area (Å²) in [7, 11) is 3.19. The Morgan fingerprint density at radius 3 is 2.51 bits per heavy atom. The van der Waals surface area contributed by atoms with Gasteiger partial charge in [-0.2, -0.15) is 5.10 Å². The van der Waals surface area contributed by atoms with Crippen LogP contribution in [0.5, 0.6) is 11.5 Å². The number of carbonyl (C=O) groups excluding carboxylic acids is 2. The van der Waals surface area contributed by atoms with Gasteiger partial charge in [-0.3, -0.25) is 14.5 Å². The van der Waals surface area contributed by atoms with Gasteiger partial charge in [0.2, 0.25) is 0 Å². The first kappa shape index (κ1) is 27.3. The molecule has 4 heterocycles. The van der Waals surface area contributed by atoms with Gasteiger partial charge in [0.15, 0.2) is 11.5 Å². The van der Waals surface area contributed by atoms with E-state index in [0.29, 0.717) is 49.1 Å². The Labute approximate surface area is 236 Å². The SMILES string of the molecule is COc1ccc([C@H]2CC(c3cccs3)=NN2C(=O)CN(CCN2CCOCC2)C(=O)c2cccs2)cc1OC. The van der Waals surface area contributed by atoms with Gasteiger partial charge in [0.25, 0.3) is 11.8 Å². The summed E-state index contributed by atoms with van der Waals surface area (Å²) in [5, 5.41) is 10.2. The fourth-order valence-corrected chi connectivity index (χ4v) is 6.19. The molecule has 206 valence electrons. The fourth-order valence-electron chi connectivity index (χ4n) is 4.78. The average molecular weight is 569 g/mol. The zero-order valence-electron chi connectivity index (χ0n) is 22.1. The topological polar surface area (TPSA) is 83.9 Å². The first-order valence-corrected chi connectivity index (χ1v) is 14.6. The molecule has 2 aliphatic rings. The van der Waals surface area contributed by atoms with Crippen LogP contribution in [0.1, 0.15) is 32.6 Å². The van der Waals surface area contributed by atoms with Crippen LogP contribution in [0.4, 0.5) is 0 Å². The fraction of sp³-hybridized carbons (Fsp3) is 0.393. The van der Waals surface area contributed by atoms with Gasteiger partial charge < -0.3 is 19.1 Å². The maximum absolute atomic E-state index is 13.9. The molecule has 9 nitrogen and oxygen atoms in total. The van der Waals surface area contributed by atoms with E-state index in [1.54, 1.807) is 41.5 Å². The molecule has 0 unspecified atom stereocenters. The molecule has 0 N–H and O–H groups in total. The van der Waals surface area contributed by atoms with Crippen molar-refractivity contribution >= 4 is 40.2 Å². The lowest BCUT2D eigenvalue weighted by molar-refractivity contribution is -0.133. The Kier molecular flexibility index (Phi) is 8.92. The van der Waals surface area contributed by atoms with Gasteiger partial charge in [-0.15, -0.1) is 22.7 Å². The van der Waals surface area contributed by atoms with Gasteiger partial charge in [0, 0.05) is 32.6 Å². The van der Waals surface area contributed by atoms with Gasteiger partial charge in [0.05, 0.1) is 48.9 Å². The number of nitrogens with zero attached hydrogens (tertiary/aromatic N) is 4. The van der Waals surface area contributed by atoms with Crippen LogP contribution < -0.4 is 9.47 Å². The normalized spacial score (nSPS) is 17.6. The molecule has 0 spiro atoms. The lowest BCUT2D eigenvalue weighted by atomic mass is 10.0. The van der Waals surface area contributed by atoms with E-state index in [-0.39, 0.29) is 24.4 Å². The van der Waals surface area contributed by atoms with Crippen LogP contribution in [-0.4, -0.2) is 92.5 Å². The predicted octanol–water partition coefficient (Wildman–Crippen LogP) is 3.98. The summed E-state index contributed by atoms with van der Waals surface area (Å²) in [6, 6.07) is 13.0. The van der Waals surface area contributed by atoms with Crippen LogP contribution in [0.15, 0.2) is 58.3 Å². The van der Waals surface area contributed by atoms with Gasteiger partial charge in [-0.1, -0.05) is 18.2 Å². The first-order chi connectivity index (χ1) is 19.1. The van der Waals surface area contributed by atoms with Crippen LogP contribution in [0, 0.1) is 0 Å². The van der Waals surface area contributed by atoms with Gasteiger partial charge >= 0.3 is 0 Å². The van der Waals surface area contributed by atoms with Crippen molar-refractivity contribution in [1.82, 2.24) is 14.8 Å². The summed E-state index contributed by atoms with van der Waals surface area (Å²) in [5.41, 5.74) is 1.74. The highest BCUT2D eigenvalue weighted by molar-refractivity contribution is 7.12. The first-order valence-electron chi connectivity index (χ1n) is 12.9. The summed E-state index contributed by atoms with van der Waals surface area (Å²) >= 11 is 2.98. The molecule has 0 aliphatic carbocycles. The number of methoxy groups -OCH3 is 2. The molecule has 2 aromatic heterocycles. The number of benzene rings is 1. The van der Waals surface area contributed by atoms with Crippen molar-refractivity contribution in [2.24, 2.45) is 5.10 Å². The summed E-state index contributed by atoms with van der Waals surface area (Å²) in [5.74, 6) is 0.837. The van der Waals surface area contributed by atoms with Crippen LogP contribution in [0.2, 0.25) is 0 Å². The summed E-state index contributed by atoms with van der Waals surface area (Å²) in [4.78, 5) is 32.9. The lowest BCUT2D eigenvalue weighted by Crippen LogP contribution is -2.46. The van der Waals surface area contributed by atoms with Crippen molar-refractivity contribution in [2.45, 2.75) is 12.5 Å². The van der Waals surface area contributed by atoms with Crippen molar-refractivity contribution < 1.29 is 23.8 Å². The van der Waals surface area contributed by atoms with E-state index >= 15 is 0 Å². The molecule has 39 heavy (non-hydrogen) atoms. The number of thiophene rings is 2. The third-order valence-electron chi connectivity index (χ3n) is 6.90. The molecule has 1 fully saturated rings. The molecule has 5 rings (SSSR count). The standard InChI is InChI=1S/C28H32N4O5S2/c1-35-23-8-7-20(17-24(23)36-2)22-18-21(25-5-3-15-38-25)29-32(22)27(33)19-31(28(34)26-6-4-16-39-26)10-9-30-11-13-37-14-12-30/h3-8,15-17,22H,9-14,18-19H2,1-2H3/t22-/m1/s1. The third kappa shape index (κ3) is 6.33. The minimum atomic E-state index is -0.327. The van der Waals surface area contributed by atoms with Crippen LogP contribution in [-0.2, 0) is 9.53 Å². The molecular weight excluding hydrogens is 536 g/mol. The van der Waals surface area contributed by atoms with Crippen molar-refractivity contribution in [3.8, 4) is 11.5 Å². The van der Waals surface area contributed by atoms with Crippen molar-refractivity contribution in [2.75, 3.05) is 60.2 Å². The molecule has 3 aromatic rings. The second-order valence-electron chi connectivity index (χ2n) is 9.25. The number of carbonyl (C=O) groups is 2. The molecule has 1 saturated heterocycles. The number of hydrogen-bond acceptors (Lipinski definition) is 9. The number of ether oxygens (including phenoxy) is 3. The Morgan fingerprint density at radius 1 is 1.05 bits per heavy atom. The zero-order valence-corrected chi connectivity index (χ0v) is 23.7. The Balaban J connectivity index is 1.40. The minimum absolute atomic E-state index is 0.0634. The smallest absolute Gasteiger partial charge is 0.264 e. The Bertz CT molecular complexity index is 1290. The van der Waals surface area contributed by atoms with Crippen LogP contribution in [0.25, 0.3) is 0 Å². The van der Waals surface area contributed by atoms with E-state index in [2.05, 4.69) is 4.90 Å². The molecule has 0 radical (unpaired) electrons. The highest BCUT2D eigenvalue weighted by Gasteiger charge is 2.35. The summed E-state index contributed by atoms with van der Waals surface area (Å²) in [6.45, 7) is 4.05. The van der Waals surface area contributed by atoms with Crippen LogP contribution in [0.3, 0.4) is 0 Å². The van der Waals surface area contributed by atoms with E-state index < -0.39 is 0 Å². The molecular formula is C28H32N4O5S2. The zero-order chi connectivity index (χ0) is 27.2. The Morgan fingerprint density at radius 2 is 1.82 bits per heavy atom. The molecule has 1 aromatic carbocycles. The second kappa shape index (κ2) is 12.7. The predicted molar refractivity (Wildman–Crippen MR) is 152 cm³/mol. The van der Waals surface area contributed by atoms with Crippen LogP contribution >= 0.6 is 22.7 Å². The van der Waals surface area contributed by atoms with E-state index in [1.807, 2.05) is 47.2 Å². The highest BCUT2D eigenvalue weighted by atomic mass is 32.1. The molecule has 0 saturated carbocycles. The number of amides is 2. The third-order valence-corrected chi connectivity index (χ3v) is 8.68. The number of rotatable bonds is 10. The highest BCUT2D eigenvalue weighted by Crippen LogP contribution is 2.38. The molecule has 2 aliphatic heterocycles. The maximum Gasteiger partial charge on any atom is 0.264 e. The quantitative estimate of drug-likeness (QED) is 0.368. The van der Waals surface area contributed by atoms with Crippen molar-refractivity contribution in [1.29, 1.82) is 0 Å². The number of morpholine rings is 1. The van der Waals surface area contributed by atoms with E-state index in [0.717, 1.165) is 29.2 Å². The monoisotopic (exact) mass is 568 g/mol. The molecule has 2 amide bonds. The molecule has 0 bridgehead atoms. The van der Waals surface area contributed by atoms with Gasteiger partial charge in [0.1, 0.15) is 6.54 Å². The number of hydrogen-bond donors (Lipinski definition) is 0. The number of hydrazone groups is 1. The Hall–Kier alpha value is -3.25. The largest absolute Gasteiger partial charge is 0.493 e. The summed E-state index contributed by atoms with van der Waals surface area (Å²) < 4.78 is 16.4. The van der Waals surface area contributed by atoms with E-state index in [4.69, 9.17) is 19.3 Å². The molecule has 1 atom stereocenters. The van der Waals surface area contributed by atoms with Gasteiger partial charge in [-0.25, -0.2) is 5.01 Å². The van der Waals surface area contributed by atoms with E-state index in [9.17, 15) is 9.59 Å². The average Bonchev–Trinajstić information content (AvgIpc) is 3.77. The van der Waals surface area contributed by atoms with Crippen molar-refractivity contribution in [3.63, 3.8) is 0 Å². The van der Waals surface area contributed by atoms with Crippen molar-refractivity contribution in [3.05, 3.63) is 68.5 Å². The second-order valence-corrected chi connectivity index (χ2v) is 11.2. The minimum Gasteiger partial charge on any atom is -0.493 e.